The number of nitro groups is 1. The first-order valence-electron chi connectivity index (χ1n) is 5.50. The third-order valence-corrected chi connectivity index (χ3v) is 4.84. The van der Waals surface area contributed by atoms with E-state index in [9.17, 15) is 15.2 Å². The first-order chi connectivity index (χ1) is 7.91. The minimum atomic E-state index is -0.641. The van der Waals surface area contributed by atoms with Crippen LogP contribution in [-0.2, 0) is 0 Å². The second-order valence-electron chi connectivity index (χ2n) is 4.29. The summed E-state index contributed by atoms with van der Waals surface area (Å²) in [6.45, 7) is 5.88. The van der Waals surface area contributed by atoms with E-state index in [1.165, 1.54) is 29.2 Å². The van der Waals surface area contributed by atoms with Gasteiger partial charge < -0.3 is 5.11 Å². The molecule has 1 aromatic rings. The van der Waals surface area contributed by atoms with E-state index >= 15 is 0 Å². The van der Waals surface area contributed by atoms with Gasteiger partial charge in [0, 0.05) is 10.9 Å². The van der Waals surface area contributed by atoms with Crippen LogP contribution in [0.5, 0.6) is 0 Å². The highest BCUT2D eigenvalue weighted by atomic mass is 32.2. The Balaban J connectivity index is 2.78. The molecule has 0 aliphatic carbocycles. The van der Waals surface area contributed by atoms with Crippen LogP contribution in [0.4, 0.5) is 5.69 Å². The lowest BCUT2D eigenvalue weighted by Crippen LogP contribution is -1.90. The molecule has 1 rings (SSSR count). The van der Waals surface area contributed by atoms with Crippen LogP contribution in [0.3, 0.4) is 0 Å². The van der Waals surface area contributed by atoms with Crippen LogP contribution in [-0.4, -0.2) is 15.8 Å². The summed E-state index contributed by atoms with van der Waals surface area (Å²) in [5.41, 5.74) is 0.125. The van der Waals surface area contributed by atoms with Gasteiger partial charge in [-0.3, -0.25) is 10.1 Å². The fraction of sp³-hybridized carbons (Fsp3) is 0.636. The summed E-state index contributed by atoms with van der Waals surface area (Å²) < 4.78 is 0.701. The Hall–Kier alpha value is -0.590. The Morgan fingerprint density at radius 2 is 2.18 bits per heavy atom. The number of thioether (sulfide) groups is 1. The molecule has 6 heteroatoms. The molecule has 0 radical (unpaired) electrons. The minimum absolute atomic E-state index is 0.125. The summed E-state index contributed by atoms with van der Waals surface area (Å²) in [6, 6.07) is 1.48. The van der Waals surface area contributed by atoms with Crippen molar-refractivity contribution in [2.24, 2.45) is 5.92 Å². The van der Waals surface area contributed by atoms with Crippen molar-refractivity contribution in [2.45, 2.75) is 37.5 Å². The zero-order chi connectivity index (χ0) is 13.0. The van der Waals surface area contributed by atoms with E-state index in [1.54, 1.807) is 6.92 Å². The first-order valence-corrected chi connectivity index (χ1v) is 7.31. The third kappa shape index (κ3) is 4.29. The number of thiophene rings is 1. The van der Waals surface area contributed by atoms with Gasteiger partial charge in [-0.05, 0) is 25.0 Å². The van der Waals surface area contributed by atoms with Gasteiger partial charge in [-0.2, -0.15) is 0 Å². The molecular weight excluding hydrogens is 258 g/mol. The Labute approximate surface area is 109 Å². The molecule has 96 valence electrons. The fourth-order valence-electron chi connectivity index (χ4n) is 1.21. The Bertz CT molecular complexity index is 388. The van der Waals surface area contributed by atoms with Crippen molar-refractivity contribution in [3.63, 3.8) is 0 Å². The lowest BCUT2D eigenvalue weighted by molar-refractivity contribution is -0.387. The van der Waals surface area contributed by atoms with Gasteiger partial charge in [-0.1, -0.05) is 13.8 Å². The molecule has 0 aliphatic heterocycles. The molecule has 0 saturated carbocycles. The standard InChI is InChI=1S/C11H17NO3S2/c1-7(2)4-5-16-11-9(12(14)15)6-10(17-11)8(3)13/h6-8,13H,4-5H2,1-3H3. The van der Waals surface area contributed by atoms with Gasteiger partial charge in [0.05, 0.1) is 11.0 Å². The summed E-state index contributed by atoms with van der Waals surface area (Å²) in [6.07, 6.45) is 0.391. The van der Waals surface area contributed by atoms with Crippen molar-refractivity contribution >= 4 is 28.8 Å². The van der Waals surface area contributed by atoms with Crippen LogP contribution in [0.1, 0.15) is 38.2 Å². The highest BCUT2D eigenvalue weighted by Gasteiger charge is 2.21. The highest BCUT2D eigenvalue weighted by Crippen LogP contribution is 2.40. The molecule has 0 saturated heterocycles. The first kappa shape index (κ1) is 14.5. The highest BCUT2D eigenvalue weighted by molar-refractivity contribution is 8.01. The predicted octanol–water partition coefficient (Wildman–Crippen LogP) is 3.85. The number of aliphatic hydroxyl groups is 1. The topological polar surface area (TPSA) is 63.4 Å². The van der Waals surface area contributed by atoms with E-state index in [-0.39, 0.29) is 10.6 Å². The summed E-state index contributed by atoms with van der Waals surface area (Å²) in [4.78, 5) is 11.2. The van der Waals surface area contributed by atoms with Crippen LogP contribution in [0, 0.1) is 16.0 Å². The predicted molar refractivity (Wildman–Crippen MR) is 71.8 cm³/mol. The monoisotopic (exact) mass is 275 g/mol. The SMILES string of the molecule is CC(C)CCSc1sc(C(C)O)cc1[N+](=O)[O-]. The molecule has 0 spiro atoms. The summed E-state index contributed by atoms with van der Waals surface area (Å²) >= 11 is 2.83. The second kappa shape index (κ2) is 6.37. The van der Waals surface area contributed by atoms with E-state index in [0.29, 0.717) is 15.0 Å². The van der Waals surface area contributed by atoms with Gasteiger partial charge in [0.2, 0.25) is 0 Å². The van der Waals surface area contributed by atoms with E-state index in [1.807, 2.05) is 0 Å². The normalized spacial score (nSPS) is 13.0. The van der Waals surface area contributed by atoms with Crippen molar-refractivity contribution < 1.29 is 10.0 Å². The fourth-order valence-corrected chi connectivity index (χ4v) is 3.83. The average molecular weight is 275 g/mol. The van der Waals surface area contributed by atoms with Crippen molar-refractivity contribution in [1.29, 1.82) is 0 Å². The van der Waals surface area contributed by atoms with Crippen molar-refractivity contribution in [3.8, 4) is 0 Å². The van der Waals surface area contributed by atoms with E-state index in [4.69, 9.17) is 0 Å². The van der Waals surface area contributed by atoms with Crippen molar-refractivity contribution in [3.05, 3.63) is 21.1 Å². The van der Waals surface area contributed by atoms with E-state index in [2.05, 4.69) is 13.8 Å². The van der Waals surface area contributed by atoms with Crippen LogP contribution in [0.25, 0.3) is 0 Å². The Kier molecular flexibility index (Phi) is 5.42. The summed E-state index contributed by atoms with van der Waals surface area (Å²) in [5, 5.41) is 20.3. The zero-order valence-electron chi connectivity index (χ0n) is 10.2. The molecule has 17 heavy (non-hydrogen) atoms. The molecule has 1 heterocycles. The molecule has 0 fully saturated rings. The number of hydrogen-bond acceptors (Lipinski definition) is 5. The average Bonchev–Trinajstić information content (AvgIpc) is 2.61. The van der Waals surface area contributed by atoms with E-state index in [0.717, 1.165) is 12.2 Å². The van der Waals surface area contributed by atoms with Gasteiger partial charge in [0.15, 0.2) is 0 Å². The lowest BCUT2D eigenvalue weighted by atomic mass is 10.2. The molecule has 1 unspecified atom stereocenters. The van der Waals surface area contributed by atoms with Crippen LogP contribution in [0.15, 0.2) is 10.3 Å². The number of nitrogens with zero attached hydrogens (tertiary/aromatic N) is 1. The zero-order valence-corrected chi connectivity index (χ0v) is 11.8. The molecule has 1 atom stereocenters. The second-order valence-corrected chi connectivity index (χ2v) is 6.73. The maximum atomic E-state index is 10.9. The van der Waals surface area contributed by atoms with Gasteiger partial charge in [-0.15, -0.1) is 23.1 Å². The van der Waals surface area contributed by atoms with Crippen LogP contribution >= 0.6 is 23.1 Å². The lowest BCUT2D eigenvalue weighted by Gasteiger charge is -2.02. The molecule has 1 aromatic heterocycles. The minimum Gasteiger partial charge on any atom is -0.388 e. The summed E-state index contributed by atoms with van der Waals surface area (Å²) in [7, 11) is 0. The van der Waals surface area contributed by atoms with Crippen molar-refractivity contribution in [1.82, 2.24) is 0 Å². The quantitative estimate of drug-likeness (QED) is 0.486. The molecule has 0 bridgehead atoms. The maximum absolute atomic E-state index is 10.9. The smallest absolute Gasteiger partial charge is 0.294 e. The van der Waals surface area contributed by atoms with Gasteiger partial charge in [0.1, 0.15) is 4.21 Å². The molecular formula is C11H17NO3S2. The molecule has 1 N–H and O–H groups in total. The van der Waals surface area contributed by atoms with Gasteiger partial charge in [0.25, 0.3) is 5.69 Å². The maximum Gasteiger partial charge on any atom is 0.294 e. The Morgan fingerprint density at radius 3 is 2.65 bits per heavy atom. The molecule has 0 aliphatic rings. The molecule has 0 amide bonds. The third-order valence-electron chi connectivity index (χ3n) is 2.24. The van der Waals surface area contributed by atoms with Crippen LogP contribution < -0.4 is 0 Å². The molecule has 0 aromatic carbocycles. The molecule has 4 nitrogen and oxygen atoms in total. The van der Waals surface area contributed by atoms with E-state index < -0.39 is 6.10 Å². The van der Waals surface area contributed by atoms with Crippen LogP contribution in [0.2, 0.25) is 0 Å². The number of rotatable bonds is 6. The number of hydrogen-bond donors (Lipinski definition) is 1. The largest absolute Gasteiger partial charge is 0.388 e. The van der Waals surface area contributed by atoms with Crippen molar-refractivity contribution in [2.75, 3.05) is 5.75 Å². The number of aliphatic hydroxyl groups excluding tert-OH is 1. The van der Waals surface area contributed by atoms with Gasteiger partial charge >= 0.3 is 0 Å². The summed E-state index contributed by atoms with van der Waals surface area (Å²) in [5.74, 6) is 1.47. The Morgan fingerprint density at radius 1 is 1.53 bits per heavy atom. The van der Waals surface area contributed by atoms with Gasteiger partial charge in [-0.25, -0.2) is 0 Å².